The molecule has 0 aromatic carbocycles. The summed E-state index contributed by atoms with van der Waals surface area (Å²) in [5, 5.41) is 21.5. The Bertz CT molecular complexity index is 903. The minimum Gasteiger partial charge on any atom is -0.447 e. The van der Waals surface area contributed by atoms with Gasteiger partial charge in [-0.1, -0.05) is 13.0 Å². The summed E-state index contributed by atoms with van der Waals surface area (Å²) < 4.78 is 6.17. The molecule has 1 saturated heterocycles. The van der Waals surface area contributed by atoms with Gasteiger partial charge in [0.25, 0.3) is 0 Å². The van der Waals surface area contributed by atoms with Gasteiger partial charge in [-0.05, 0) is 64.0 Å². The highest BCUT2D eigenvalue weighted by Crippen LogP contribution is 2.77. The maximum absolute atomic E-state index is 12.9. The number of esters is 1. The number of aliphatic hydroxyl groups is 2. The van der Waals surface area contributed by atoms with E-state index in [0.29, 0.717) is 12.0 Å². The van der Waals surface area contributed by atoms with Crippen LogP contribution in [0.1, 0.15) is 47.5 Å². The van der Waals surface area contributed by atoms with Gasteiger partial charge in [0.1, 0.15) is 11.7 Å². The number of hydrogen-bond acceptors (Lipinski definition) is 7. The maximum atomic E-state index is 12.9. The molecule has 7 heteroatoms. The highest BCUT2D eigenvalue weighted by molar-refractivity contribution is 5.93. The van der Waals surface area contributed by atoms with E-state index in [4.69, 9.17) is 14.5 Å². The van der Waals surface area contributed by atoms with Gasteiger partial charge < -0.3 is 14.9 Å². The van der Waals surface area contributed by atoms with Crippen LogP contribution in [-0.4, -0.2) is 51.5 Å². The van der Waals surface area contributed by atoms with Crippen molar-refractivity contribution in [3.05, 3.63) is 23.3 Å². The van der Waals surface area contributed by atoms with Crippen LogP contribution in [0.5, 0.6) is 0 Å². The fourth-order valence-corrected chi connectivity index (χ4v) is 7.33. The second kappa shape index (κ2) is 5.82. The molecule has 2 N–H and O–H groups in total. The van der Waals surface area contributed by atoms with Crippen LogP contribution in [0.15, 0.2) is 23.3 Å². The smallest absolute Gasteiger partial charge is 0.334 e. The first-order chi connectivity index (χ1) is 13.9. The van der Waals surface area contributed by atoms with Crippen LogP contribution >= 0.6 is 0 Å². The second-order valence-corrected chi connectivity index (χ2v) is 10.6. The number of allylic oxidation sites excluding steroid dienone is 1. The first-order valence-corrected chi connectivity index (χ1v) is 10.7. The van der Waals surface area contributed by atoms with Crippen LogP contribution in [0, 0.1) is 29.1 Å². The molecule has 3 aliphatic carbocycles. The molecule has 0 radical (unpaired) electrons. The number of carbonyl (C=O) groups is 2. The van der Waals surface area contributed by atoms with Crippen molar-refractivity contribution in [3.8, 4) is 0 Å². The summed E-state index contributed by atoms with van der Waals surface area (Å²) in [6.07, 6.45) is 3.87. The third-order valence-electron chi connectivity index (χ3n) is 8.79. The van der Waals surface area contributed by atoms with Gasteiger partial charge in [-0.15, -0.1) is 0 Å². The molecule has 30 heavy (non-hydrogen) atoms. The van der Waals surface area contributed by atoms with Crippen molar-refractivity contribution in [1.82, 2.24) is 0 Å². The highest BCUT2D eigenvalue weighted by atomic mass is 17.2. The van der Waals surface area contributed by atoms with Crippen LogP contribution in [-0.2, 0) is 24.1 Å². The molecule has 0 aromatic rings. The molecule has 7 nitrogen and oxygen atoms in total. The fraction of sp³-hybridized carbons (Fsp3) is 0.739. The fourth-order valence-electron chi connectivity index (χ4n) is 7.33. The van der Waals surface area contributed by atoms with Gasteiger partial charge in [0, 0.05) is 16.9 Å². The molecule has 3 saturated carbocycles. The zero-order chi connectivity index (χ0) is 21.9. The highest BCUT2D eigenvalue weighted by Gasteiger charge is 2.82. The van der Waals surface area contributed by atoms with Gasteiger partial charge in [-0.2, -0.15) is 0 Å². The normalized spacial score (nSPS) is 50.6. The molecule has 5 rings (SSSR count). The molecule has 8 atom stereocenters. The molecule has 2 heterocycles. The van der Waals surface area contributed by atoms with Crippen LogP contribution in [0.4, 0.5) is 0 Å². The van der Waals surface area contributed by atoms with E-state index in [0.717, 1.165) is 12.0 Å². The second-order valence-electron chi connectivity index (χ2n) is 10.6. The molecule has 5 aliphatic rings. The molecular weight excluding hydrogens is 388 g/mol. The lowest BCUT2D eigenvalue weighted by molar-refractivity contribution is -0.464. The number of ketones is 1. The Balaban J connectivity index is 1.73. The summed E-state index contributed by atoms with van der Waals surface area (Å²) in [5.74, 6) is -1.09. The van der Waals surface area contributed by atoms with Crippen molar-refractivity contribution in [3.63, 3.8) is 0 Å². The molecule has 164 valence electrons. The number of aliphatic hydroxyl groups excluding tert-OH is 1. The summed E-state index contributed by atoms with van der Waals surface area (Å²) in [4.78, 5) is 36.6. The molecule has 0 amide bonds. The molecule has 0 bridgehead atoms. The van der Waals surface area contributed by atoms with Crippen LogP contribution in [0.2, 0.25) is 0 Å². The first kappa shape index (κ1) is 20.4. The Morgan fingerprint density at radius 1 is 1.27 bits per heavy atom. The van der Waals surface area contributed by atoms with E-state index in [-0.39, 0.29) is 30.1 Å². The number of ether oxygens (including phenoxy) is 1. The monoisotopic (exact) mass is 418 g/mol. The minimum atomic E-state index is -1.22. The van der Waals surface area contributed by atoms with Gasteiger partial charge in [0.05, 0.1) is 18.1 Å². The molecule has 1 spiro atoms. The molecular formula is C23H30O7. The van der Waals surface area contributed by atoms with Crippen molar-refractivity contribution in [2.45, 2.75) is 70.4 Å². The van der Waals surface area contributed by atoms with Gasteiger partial charge in [0.15, 0.2) is 11.4 Å². The van der Waals surface area contributed by atoms with Crippen molar-refractivity contribution < 1.29 is 34.3 Å². The van der Waals surface area contributed by atoms with E-state index in [2.05, 4.69) is 6.92 Å². The van der Waals surface area contributed by atoms with E-state index in [1.54, 1.807) is 13.0 Å². The maximum Gasteiger partial charge on any atom is 0.334 e. The Morgan fingerprint density at radius 3 is 2.60 bits per heavy atom. The zero-order valence-corrected chi connectivity index (χ0v) is 18.1. The van der Waals surface area contributed by atoms with Gasteiger partial charge in [-0.3, -0.25) is 4.79 Å². The Kier molecular flexibility index (Phi) is 3.95. The Hall–Kier alpha value is -1.54. The van der Waals surface area contributed by atoms with Crippen LogP contribution < -0.4 is 0 Å². The van der Waals surface area contributed by atoms with Crippen molar-refractivity contribution >= 4 is 11.8 Å². The number of hydrogen-bond donors (Lipinski definition) is 2. The summed E-state index contributed by atoms with van der Waals surface area (Å²) in [5.41, 5.74) is -2.40. The summed E-state index contributed by atoms with van der Waals surface area (Å²) in [6, 6.07) is 0. The van der Waals surface area contributed by atoms with E-state index in [1.165, 1.54) is 13.0 Å². The average Bonchev–Trinajstić information content (AvgIpc) is 3.40. The van der Waals surface area contributed by atoms with Gasteiger partial charge >= 0.3 is 5.97 Å². The third-order valence-corrected chi connectivity index (χ3v) is 8.79. The predicted octanol–water partition coefficient (Wildman–Crippen LogP) is 1.87. The Morgan fingerprint density at radius 2 is 1.97 bits per heavy atom. The standard InChI is InChI=1S/C23H30O7/c1-11(25)6-7-16-20(3,4)30-29-19-21(5)14-8-15(14)22(27,10-24)17(21)9-13-12(2)18(26)28-23(13,16)19/h6-7,14-17,19,24,27H,8-10H2,1-5H3/b7-6+/t14-,15+,16+,17-,19+,21+,22+,23-/m1/s1. The lowest BCUT2D eigenvalue weighted by atomic mass is 9.51. The number of fused-ring (bicyclic) bond motifs is 4. The summed E-state index contributed by atoms with van der Waals surface area (Å²) in [6.45, 7) is 8.68. The molecule has 4 fully saturated rings. The van der Waals surface area contributed by atoms with E-state index in [9.17, 15) is 19.8 Å². The lowest BCUT2D eigenvalue weighted by Gasteiger charge is -2.61. The van der Waals surface area contributed by atoms with Crippen LogP contribution in [0.3, 0.4) is 0 Å². The zero-order valence-electron chi connectivity index (χ0n) is 18.1. The number of rotatable bonds is 3. The van der Waals surface area contributed by atoms with E-state index >= 15 is 0 Å². The largest absolute Gasteiger partial charge is 0.447 e. The average molecular weight is 418 g/mol. The molecule has 2 aliphatic heterocycles. The quantitative estimate of drug-likeness (QED) is 0.410. The minimum absolute atomic E-state index is 0.00488. The number of carbonyl (C=O) groups excluding carboxylic acids is 2. The lowest BCUT2D eigenvalue weighted by Crippen LogP contribution is -2.71. The van der Waals surface area contributed by atoms with Crippen LogP contribution in [0.25, 0.3) is 0 Å². The first-order valence-electron chi connectivity index (χ1n) is 10.7. The molecule has 0 unspecified atom stereocenters. The SMILES string of the molecule is CC(=O)/C=C/[C@H]1C(C)(C)OO[C@@H]2[C@]13OC(=O)C(C)=C3C[C@H]1[C@](O)(CO)[C@H]3C[C@H]3[C@]21C. The predicted molar refractivity (Wildman–Crippen MR) is 105 cm³/mol. The Labute approximate surface area is 176 Å². The van der Waals surface area contributed by atoms with E-state index in [1.807, 2.05) is 13.8 Å². The van der Waals surface area contributed by atoms with E-state index < -0.39 is 40.2 Å². The van der Waals surface area contributed by atoms with Crippen molar-refractivity contribution in [1.29, 1.82) is 0 Å². The topological polar surface area (TPSA) is 102 Å². The van der Waals surface area contributed by atoms with Crippen molar-refractivity contribution in [2.75, 3.05) is 6.61 Å². The van der Waals surface area contributed by atoms with Gasteiger partial charge in [-0.25, -0.2) is 14.6 Å². The third kappa shape index (κ3) is 2.14. The van der Waals surface area contributed by atoms with Gasteiger partial charge in [0.2, 0.25) is 0 Å². The summed E-state index contributed by atoms with van der Waals surface area (Å²) >= 11 is 0. The summed E-state index contributed by atoms with van der Waals surface area (Å²) in [7, 11) is 0. The molecule has 0 aromatic heterocycles. The van der Waals surface area contributed by atoms with Crippen molar-refractivity contribution in [2.24, 2.45) is 29.1 Å².